The van der Waals surface area contributed by atoms with Crippen LogP contribution >= 0.6 is 0 Å². The summed E-state index contributed by atoms with van der Waals surface area (Å²) in [4.78, 5) is 26.6. The van der Waals surface area contributed by atoms with Gasteiger partial charge >= 0.3 is 12.0 Å². The molecule has 0 spiro atoms. The first kappa shape index (κ1) is 21.1. The summed E-state index contributed by atoms with van der Waals surface area (Å²) in [6, 6.07) is 6.18. The molecular formula is C19H28FN3O4. The minimum Gasteiger partial charge on any atom is -0.480 e. The van der Waals surface area contributed by atoms with E-state index in [-0.39, 0.29) is 24.5 Å². The number of urea groups is 1. The molecule has 1 aliphatic heterocycles. The maximum atomic E-state index is 13.5. The lowest BCUT2D eigenvalue weighted by Crippen LogP contribution is -2.53. The van der Waals surface area contributed by atoms with E-state index in [9.17, 15) is 14.0 Å². The Morgan fingerprint density at radius 2 is 2.19 bits per heavy atom. The van der Waals surface area contributed by atoms with E-state index in [0.717, 1.165) is 5.56 Å². The lowest BCUT2D eigenvalue weighted by molar-refractivity contribution is -0.138. The highest BCUT2D eigenvalue weighted by molar-refractivity contribution is 5.74. The Hall–Kier alpha value is -2.19. The largest absolute Gasteiger partial charge is 0.480 e. The Balaban J connectivity index is 1.87. The molecule has 1 fully saturated rings. The third kappa shape index (κ3) is 6.48. The van der Waals surface area contributed by atoms with Crippen LogP contribution < -0.4 is 5.32 Å². The van der Waals surface area contributed by atoms with Crippen molar-refractivity contribution in [1.29, 1.82) is 0 Å². The number of amides is 2. The first-order valence-corrected chi connectivity index (χ1v) is 8.98. The monoisotopic (exact) mass is 381 g/mol. The third-order valence-electron chi connectivity index (χ3n) is 4.63. The molecule has 1 aromatic rings. The van der Waals surface area contributed by atoms with Gasteiger partial charge in [0, 0.05) is 31.6 Å². The third-order valence-corrected chi connectivity index (χ3v) is 4.63. The van der Waals surface area contributed by atoms with Crippen molar-refractivity contribution in [2.75, 3.05) is 46.4 Å². The molecule has 1 heterocycles. The van der Waals surface area contributed by atoms with Gasteiger partial charge in [0.1, 0.15) is 5.82 Å². The fraction of sp³-hybridized carbons (Fsp3) is 0.579. The van der Waals surface area contributed by atoms with Crippen LogP contribution in [0.15, 0.2) is 24.3 Å². The summed E-state index contributed by atoms with van der Waals surface area (Å²) in [6.07, 6.45) is -0.231. The van der Waals surface area contributed by atoms with Crippen molar-refractivity contribution in [1.82, 2.24) is 15.1 Å². The molecule has 2 amide bonds. The van der Waals surface area contributed by atoms with Crippen LogP contribution in [0.1, 0.15) is 19.4 Å². The number of morpholine rings is 1. The molecule has 0 aliphatic carbocycles. The number of benzene rings is 1. The fourth-order valence-electron chi connectivity index (χ4n) is 3.08. The quantitative estimate of drug-likeness (QED) is 0.749. The second-order valence-corrected chi connectivity index (χ2v) is 7.58. The van der Waals surface area contributed by atoms with Crippen LogP contribution in [0.5, 0.6) is 0 Å². The Bertz CT molecular complexity index is 668. The van der Waals surface area contributed by atoms with Crippen molar-refractivity contribution >= 4 is 12.0 Å². The highest BCUT2D eigenvalue weighted by Crippen LogP contribution is 2.23. The van der Waals surface area contributed by atoms with Crippen LogP contribution in [0.25, 0.3) is 0 Å². The van der Waals surface area contributed by atoms with Gasteiger partial charge in [-0.05, 0) is 24.7 Å². The summed E-state index contributed by atoms with van der Waals surface area (Å²) >= 11 is 0. The van der Waals surface area contributed by atoms with Gasteiger partial charge in [-0.3, -0.25) is 9.69 Å². The van der Waals surface area contributed by atoms with Gasteiger partial charge in [-0.2, -0.15) is 0 Å². The second-order valence-electron chi connectivity index (χ2n) is 7.58. The van der Waals surface area contributed by atoms with Crippen molar-refractivity contribution in [3.63, 3.8) is 0 Å². The van der Waals surface area contributed by atoms with E-state index in [4.69, 9.17) is 9.84 Å². The predicted molar refractivity (Wildman–Crippen MR) is 99.3 cm³/mol. The van der Waals surface area contributed by atoms with Crippen LogP contribution in [-0.2, 0) is 14.9 Å². The maximum absolute atomic E-state index is 13.5. The number of nitrogens with zero attached hydrogens (tertiary/aromatic N) is 2. The molecule has 2 rings (SSSR count). The Kier molecular flexibility index (Phi) is 7.15. The maximum Gasteiger partial charge on any atom is 0.317 e. The number of hydrogen-bond acceptors (Lipinski definition) is 4. The fourth-order valence-corrected chi connectivity index (χ4v) is 3.08. The molecule has 0 saturated carbocycles. The number of carbonyl (C=O) groups is 2. The van der Waals surface area contributed by atoms with Gasteiger partial charge in [-0.25, -0.2) is 9.18 Å². The van der Waals surface area contributed by atoms with Crippen molar-refractivity contribution in [3.8, 4) is 0 Å². The highest BCUT2D eigenvalue weighted by atomic mass is 19.1. The van der Waals surface area contributed by atoms with Crippen LogP contribution in [0.2, 0.25) is 0 Å². The molecule has 1 aromatic carbocycles. The van der Waals surface area contributed by atoms with E-state index >= 15 is 0 Å². The number of carboxylic acids is 1. The number of aliphatic carboxylic acids is 1. The first-order valence-electron chi connectivity index (χ1n) is 8.98. The van der Waals surface area contributed by atoms with Gasteiger partial charge in [0.05, 0.1) is 19.3 Å². The molecule has 0 bridgehead atoms. The van der Waals surface area contributed by atoms with Crippen molar-refractivity contribution in [3.05, 3.63) is 35.6 Å². The second kappa shape index (κ2) is 9.14. The van der Waals surface area contributed by atoms with Gasteiger partial charge in [0.25, 0.3) is 0 Å². The van der Waals surface area contributed by atoms with Crippen molar-refractivity contribution < 1.29 is 23.8 Å². The number of halogens is 1. The molecule has 2 N–H and O–H groups in total. The van der Waals surface area contributed by atoms with E-state index < -0.39 is 11.4 Å². The van der Waals surface area contributed by atoms with Gasteiger partial charge in [-0.15, -0.1) is 0 Å². The predicted octanol–water partition coefficient (Wildman–Crippen LogP) is 1.53. The topological polar surface area (TPSA) is 82.1 Å². The summed E-state index contributed by atoms with van der Waals surface area (Å²) < 4.78 is 19.1. The first-order chi connectivity index (χ1) is 12.7. The highest BCUT2D eigenvalue weighted by Gasteiger charge is 2.27. The van der Waals surface area contributed by atoms with Crippen LogP contribution in [0.4, 0.5) is 9.18 Å². The Morgan fingerprint density at radius 1 is 1.44 bits per heavy atom. The molecule has 7 nitrogen and oxygen atoms in total. The summed E-state index contributed by atoms with van der Waals surface area (Å²) in [5.41, 5.74) is 0.406. The van der Waals surface area contributed by atoms with Gasteiger partial charge in [0.15, 0.2) is 0 Å². The van der Waals surface area contributed by atoms with Crippen LogP contribution in [-0.4, -0.2) is 79.4 Å². The summed E-state index contributed by atoms with van der Waals surface area (Å²) in [6.45, 7) is 5.92. The molecule has 1 aliphatic rings. The number of carbonyl (C=O) groups excluding carboxylic acids is 1. The number of likely N-dealkylation sites (N-methyl/N-ethyl adjacent to an activating group) is 1. The average molecular weight is 381 g/mol. The van der Waals surface area contributed by atoms with Crippen molar-refractivity contribution in [2.45, 2.75) is 25.4 Å². The zero-order valence-corrected chi connectivity index (χ0v) is 16.1. The minimum atomic E-state index is -0.900. The number of nitrogens with one attached hydrogen (secondary N) is 1. The van der Waals surface area contributed by atoms with Crippen LogP contribution in [0, 0.1) is 5.82 Å². The molecule has 27 heavy (non-hydrogen) atoms. The summed E-state index contributed by atoms with van der Waals surface area (Å²) in [5.74, 6) is -1.20. The van der Waals surface area contributed by atoms with Crippen LogP contribution in [0.3, 0.4) is 0 Å². The molecule has 1 saturated heterocycles. The van der Waals surface area contributed by atoms with E-state index in [2.05, 4.69) is 5.32 Å². The van der Waals surface area contributed by atoms with E-state index in [1.54, 1.807) is 22.9 Å². The Labute approximate surface area is 159 Å². The molecule has 8 heteroatoms. The smallest absolute Gasteiger partial charge is 0.317 e. The molecule has 1 unspecified atom stereocenters. The number of ether oxygens (including phenoxy) is 1. The zero-order valence-electron chi connectivity index (χ0n) is 16.1. The SMILES string of the molecule is CN(CC(=O)O)CC1CN(C(=O)NCC(C)(C)c2cccc(F)c2)CCO1. The van der Waals surface area contributed by atoms with Gasteiger partial charge in [0.2, 0.25) is 0 Å². The number of carboxylic acid groups (broad SMARTS) is 1. The lowest BCUT2D eigenvalue weighted by atomic mass is 9.84. The van der Waals surface area contributed by atoms with Gasteiger partial charge < -0.3 is 20.1 Å². The van der Waals surface area contributed by atoms with E-state index in [1.165, 1.54) is 12.1 Å². The summed E-state index contributed by atoms with van der Waals surface area (Å²) in [5, 5.41) is 11.7. The van der Waals surface area contributed by atoms with E-state index in [1.807, 2.05) is 19.9 Å². The minimum absolute atomic E-state index is 0.0755. The summed E-state index contributed by atoms with van der Waals surface area (Å²) in [7, 11) is 1.71. The number of hydrogen-bond donors (Lipinski definition) is 2. The standard InChI is InChI=1S/C19H28FN3O4/c1-19(2,14-5-4-6-15(20)9-14)13-21-18(26)23-7-8-27-16(11-23)10-22(3)12-17(24)25/h4-6,9,16H,7-8,10-13H2,1-3H3,(H,21,26)(H,24,25). The number of rotatable bonds is 7. The molecule has 1 atom stereocenters. The Morgan fingerprint density at radius 3 is 2.85 bits per heavy atom. The molecule has 0 aromatic heterocycles. The molecule has 150 valence electrons. The van der Waals surface area contributed by atoms with E-state index in [0.29, 0.717) is 32.8 Å². The molecule has 0 radical (unpaired) electrons. The average Bonchev–Trinajstić information content (AvgIpc) is 2.59. The zero-order chi connectivity index (χ0) is 20.0. The molecular weight excluding hydrogens is 353 g/mol. The normalized spacial score (nSPS) is 17.8. The van der Waals surface area contributed by atoms with Crippen molar-refractivity contribution in [2.24, 2.45) is 0 Å². The lowest BCUT2D eigenvalue weighted by Gasteiger charge is -2.35. The van der Waals surface area contributed by atoms with Gasteiger partial charge in [-0.1, -0.05) is 26.0 Å².